The second kappa shape index (κ2) is 4.94. The van der Waals surface area contributed by atoms with Crippen LogP contribution in [0.5, 0.6) is 0 Å². The molecule has 2 aliphatic rings. The summed E-state index contributed by atoms with van der Waals surface area (Å²) >= 11 is 0. The largest absolute Gasteiger partial charge is 0.378 e. The van der Waals surface area contributed by atoms with Crippen LogP contribution in [0.15, 0.2) is 11.6 Å². The zero-order valence-corrected chi connectivity index (χ0v) is 8.87. The van der Waals surface area contributed by atoms with Gasteiger partial charge in [0, 0.05) is 12.6 Å². The van der Waals surface area contributed by atoms with E-state index in [1.54, 1.807) is 5.57 Å². The van der Waals surface area contributed by atoms with Crippen molar-refractivity contribution in [1.82, 2.24) is 0 Å². The minimum Gasteiger partial charge on any atom is -0.378 e. The fourth-order valence-electron chi connectivity index (χ4n) is 2.44. The molecule has 2 atom stereocenters. The van der Waals surface area contributed by atoms with Crippen molar-refractivity contribution < 1.29 is 4.74 Å². The van der Waals surface area contributed by atoms with Gasteiger partial charge in [0.05, 0.1) is 6.10 Å². The lowest BCUT2D eigenvalue weighted by molar-refractivity contribution is 0.105. The molecule has 1 aliphatic carbocycles. The van der Waals surface area contributed by atoms with Crippen LogP contribution in [0.3, 0.4) is 0 Å². The van der Waals surface area contributed by atoms with Crippen LogP contribution in [-0.4, -0.2) is 18.8 Å². The van der Waals surface area contributed by atoms with Gasteiger partial charge >= 0.3 is 0 Å². The third-order valence-electron chi connectivity index (χ3n) is 3.31. The van der Waals surface area contributed by atoms with Crippen LogP contribution in [0.2, 0.25) is 0 Å². The van der Waals surface area contributed by atoms with Crippen molar-refractivity contribution in [3.8, 4) is 0 Å². The maximum Gasteiger partial charge on any atom is 0.0579 e. The molecule has 2 unspecified atom stereocenters. The first-order valence-electron chi connectivity index (χ1n) is 5.89. The summed E-state index contributed by atoms with van der Waals surface area (Å²) in [6.07, 6.45) is 11.4. The van der Waals surface area contributed by atoms with Gasteiger partial charge in [0.25, 0.3) is 0 Å². The summed E-state index contributed by atoms with van der Waals surface area (Å²) in [4.78, 5) is 0. The lowest BCUT2D eigenvalue weighted by Crippen LogP contribution is -2.13. The van der Waals surface area contributed by atoms with Gasteiger partial charge in [0.2, 0.25) is 0 Å². The third-order valence-corrected chi connectivity index (χ3v) is 3.31. The van der Waals surface area contributed by atoms with Crippen LogP contribution in [0.25, 0.3) is 0 Å². The van der Waals surface area contributed by atoms with Crippen LogP contribution < -0.4 is 5.73 Å². The monoisotopic (exact) mass is 195 g/mol. The lowest BCUT2D eigenvalue weighted by atomic mass is 10.1. The molecule has 1 heterocycles. The second-order valence-corrected chi connectivity index (χ2v) is 4.58. The van der Waals surface area contributed by atoms with Crippen LogP contribution in [-0.2, 0) is 4.74 Å². The maximum atomic E-state index is 5.85. The quantitative estimate of drug-likeness (QED) is 0.702. The molecule has 2 N–H and O–H groups in total. The van der Waals surface area contributed by atoms with Crippen molar-refractivity contribution >= 4 is 0 Å². The molecule has 14 heavy (non-hydrogen) atoms. The van der Waals surface area contributed by atoms with Gasteiger partial charge < -0.3 is 10.5 Å². The molecule has 2 fully saturated rings. The zero-order chi connectivity index (χ0) is 9.80. The van der Waals surface area contributed by atoms with E-state index < -0.39 is 0 Å². The fraction of sp³-hybridized carbons (Fsp3) is 0.833. The van der Waals surface area contributed by atoms with E-state index in [1.807, 2.05) is 0 Å². The van der Waals surface area contributed by atoms with Crippen molar-refractivity contribution in [2.75, 3.05) is 6.61 Å². The van der Waals surface area contributed by atoms with Crippen molar-refractivity contribution in [2.24, 2.45) is 5.73 Å². The predicted molar refractivity (Wildman–Crippen MR) is 58.1 cm³/mol. The van der Waals surface area contributed by atoms with Gasteiger partial charge in [-0.3, -0.25) is 0 Å². The Morgan fingerprint density at radius 2 is 2.36 bits per heavy atom. The Balaban J connectivity index is 1.66. The average molecular weight is 195 g/mol. The van der Waals surface area contributed by atoms with E-state index >= 15 is 0 Å². The molecule has 0 aromatic carbocycles. The standard InChI is InChI=1S/C12H21NO/c13-11-7-6-10(9-11)3-1-4-12-5-2-8-14-12/h3,11-12H,1-2,4-9,13H2. The highest BCUT2D eigenvalue weighted by Gasteiger charge is 2.16. The Morgan fingerprint density at radius 1 is 1.43 bits per heavy atom. The Hall–Kier alpha value is -0.340. The second-order valence-electron chi connectivity index (χ2n) is 4.58. The number of allylic oxidation sites excluding steroid dienone is 1. The predicted octanol–water partition coefficient (Wildman–Crippen LogP) is 2.38. The van der Waals surface area contributed by atoms with Crippen molar-refractivity contribution in [3.05, 3.63) is 11.6 Å². The highest BCUT2D eigenvalue weighted by atomic mass is 16.5. The molecular weight excluding hydrogens is 174 g/mol. The SMILES string of the molecule is NC1CCC(=CCCC2CCCO2)C1. The molecule has 0 amide bonds. The smallest absolute Gasteiger partial charge is 0.0579 e. The number of nitrogens with two attached hydrogens (primary N) is 1. The van der Waals surface area contributed by atoms with Crippen molar-refractivity contribution in [1.29, 1.82) is 0 Å². The highest BCUT2D eigenvalue weighted by molar-refractivity contribution is 5.09. The summed E-state index contributed by atoms with van der Waals surface area (Å²) in [5, 5.41) is 0. The molecule has 2 rings (SSSR count). The Morgan fingerprint density at radius 3 is 3.00 bits per heavy atom. The van der Waals surface area contributed by atoms with E-state index in [0.717, 1.165) is 13.0 Å². The number of ether oxygens (including phenoxy) is 1. The molecule has 0 aromatic heterocycles. The third kappa shape index (κ3) is 2.82. The van der Waals surface area contributed by atoms with Gasteiger partial charge in [-0.25, -0.2) is 0 Å². The number of rotatable bonds is 3. The van der Waals surface area contributed by atoms with Crippen LogP contribution in [0.4, 0.5) is 0 Å². The van der Waals surface area contributed by atoms with E-state index in [4.69, 9.17) is 10.5 Å². The molecule has 0 bridgehead atoms. The number of hydrogen-bond acceptors (Lipinski definition) is 2. The van der Waals surface area contributed by atoms with Gasteiger partial charge in [-0.05, 0) is 44.9 Å². The first kappa shape index (κ1) is 10.2. The molecule has 2 nitrogen and oxygen atoms in total. The molecule has 2 heteroatoms. The Labute approximate surface area is 86.5 Å². The van der Waals surface area contributed by atoms with Crippen LogP contribution in [0, 0.1) is 0 Å². The van der Waals surface area contributed by atoms with E-state index in [-0.39, 0.29) is 0 Å². The molecule has 1 aliphatic heterocycles. The summed E-state index contributed by atoms with van der Waals surface area (Å²) in [5.74, 6) is 0. The van der Waals surface area contributed by atoms with Gasteiger partial charge in [0.1, 0.15) is 0 Å². The lowest BCUT2D eigenvalue weighted by Gasteiger charge is -2.06. The minimum absolute atomic E-state index is 0.434. The molecule has 0 radical (unpaired) electrons. The summed E-state index contributed by atoms with van der Waals surface area (Å²) < 4.78 is 5.58. The molecule has 0 aromatic rings. The molecule has 0 spiro atoms. The first-order chi connectivity index (χ1) is 6.84. The normalized spacial score (nSPS) is 35.6. The van der Waals surface area contributed by atoms with Gasteiger partial charge in [-0.15, -0.1) is 0 Å². The molecule has 1 saturated carbocycles. The molecule has 1 saturated heterocycles. The summed E-state index contributed by atoms with van der Waals surface area (Å²) in [5.41, 5.74) is 7.43. The number of hydrogen-bond donors (Lipinski definition) is 1. The summed E-state index contributed by atoms with van der Waals surface area (Å²) in [6, 6.07) is 0.434. The Bertz CT molecular complexity index is 206. The van der Waals surface area contributed by atoms with E-state index in [1.165, 1.54) is 38.5 Å². The topological polar surface area (TPSA) is 35.2 Å². The fourth-order valence-corrected chi connectivity index (χ4v) is 2.44. The Kier molecular flexibility index (Phi) is 3.60. The van der Waals surface area contributed by atoms with Crippen LogP contribution >= 0.6 is 0 Å². The van der Waals surface area contributed by atoms with Crippen molar-refractivity contribution in [3.63, 3.8) is 0 Å². The summed E-state index contributed by atoms with van der Waals surface area (Å²) in [7, 11) is 0. The van der Waals surface area contributed by atoms with Crippen LogP contribution in [0.1, 0.15) is 44.9 Å². The summed E-state index contributed by atoms with van der Waals surface area (Å²) in [6.45, 7) is 0.978. The van der Waals surface area contributed by atoms with E-state index in [0.29, 0.717) is 12.1 Å². The average Bonchev–Trinajstić information content (AvgIpc) is 2.77. The van der Waals surface area contributed by atoms with Crippen molar-refractivity contribution in [2.45, 2.75) is 57.1 Å². The highest BCUT2D eigenvalue weighted by Crippen LogP contribution is 2.24. The molecular formula is C12H21NO. The minimum atomic E-state index is 0.434. The van der Waals surface area contributed by atoms with Gasteiger partial charge in [-0.2, -0.15) is 0 Å². The van der Waals surface area contributed by atoms with Gasteiger partial charge in [-0.1, -0.05) is 11.6 Å². The van der Waals surface area contributed by atoms with E-state index in [2.05, 4.69) is 6.08 Å². The molecule has 80 valence electrons. The first-order valence-corrected chi connectivity index (χ1v) is 5.89. The van der Waals surface area contributed by atoms with Gasteiger partial charge in [0.15, 0.2) is 0 Å². The van der Waals surface area contributed by atoms with E-state index in [9.17, 15) is 0 Å². The maximum absolute atomic E-state index is 5.85. The zero-order valence-electron chi connectivity index (χ0n) is 8.87.